The molecule has 0 fully saturated rings. The highest BCUT2D eigenvalue weighted by molar-refractivity contribution is 5.79. The molecule has 0 spiro atoms. The summed E-state index contributed by atoms with van der Waals surface area (Å²) in [5, 5.41) is 0. The van der Waals surface area contributed by atoms with Crippen molar-refractivity contribution in [2.75, 3.05) is 0 Å². The molecular weight excluding hydrogens is 222 g/mol. The van der Waals surface area contributed by atoms with Gasteiger partial charge in [0.05, 0.1) is 11.0 Å². The lowest BCUT2D eigenvalue weighted by atomic mass is 10.1. The molecule has 1 aromatic carbocycles. The Morgan fingerprint density at radius 2 is 2.06 bits per heavy atom. The van der Waals surface area contributed by atoms with E-state index in [1.165, 1.54) is 5.56 Å². The van der Waals surface area contributed by atoms with E-state index in [0.717, 1.165) is 34.5 Å². The van der Waals surface area contributed by atoms with Crippen molar-refractivity contribution in [3.8, 4) is 11.5 Å². The number of aromatic nitrogens is 3. The number of aromatic amines is 1. The smallest absolute Gasteiger partial charge is 0.157 e. The highest BCUT2D eigenvalue weighted by atomic mass is 14.9. The van der Waals surface area contributed by atoms with Gasteiger partial charge in [0.15, 0.2) is 5.82 Å². The maximum absolute atomic E-state index is 4.57. The normalized spacial score (nSPS) is 11.0. The first-order valence-corrected chi connectivity index (χ1v) is 6.18. The summed E-state index contributed by atoms with van der Waals surface area (Å²) in [7, 11) is 0. The summed E-state index contributed by atoms with van der Waals surface area (Å²) in [6, 6.07) is 10.4. The van der Waals surface area contributed by atoms with Crippen LogP contribution in [0.2, 0.25) is 0 Å². The van der Waals surface area contributed by atoms with Crippen molar-refractivity contribution in [1.29, 1.82) is 0 Å². The fraction of sp³-hybridized carbons (Fsp3) is 0.200. The Morgan fingerprint density at radius 1 is 1.17 bits per heavy atom. The lowest BCUT2D eigenvalue weighted by molar-refractivity contribution is 1.14. The highest BCUT2D eigenvalue weighted by Crippen LogP contribution is 2.20. The minimum absolute atomic E-state index is 0.832. The summed E-state index contributed by atoms with van der Waals surface area (Å²) in [4.78, 5) is 12.3. The van der Waals surface area contributed by atoms with E-state index in [9.17, 15) is 0 Å². The number of H-pyrrole nitrogens is 1. The molecule has 1 N–H and O–H groups in total. The van der Waals surface area contributed by atoms with Crippen LogP contribution in [0, 0.1) is 6.92 Å². The summed E-state index contributed by atoms with van der Waals surface area (Å²) in [6.07, 6.45) is 2.90. The van der Waals surface area contributed by atoms with E-state index in [1.807, 2.05) is 25.3 Å². The van der Waals surface area contributed by atoms with Crippen molar-refractivity contribution in [3.05, 3.63) is 47.7 Å². The molecule has 3 heteroatoms. The third kappa shape index (κ3) is 1.88. The third-order valence-electron chi connectivity index (χ3n) is 3.11. The Balaban J connectivity index is 2.10. The first kappa shape index (κ1) is 11.0. The van der Waals surface area contributed by atoms with Gasteiger partial charge in [-0.25, -0.2) is 4.98 Å². The molecule has 0 amide bonds. The standard InChI is InChI=1S/C15H15N3/c1-3-11-5-7-12-14(8-11)18-15(17-12)13-6-4-10(2)9-16-13/h4-9H,3H2,1-2H3,(H,17,18). The molecule has 0 radical (unpaired) electrons. The van der Waals surface area contributed by atoms with Gasteiger partial charge in [-0.05, 0) is 42.7 Å². The molecular formula is C15H15N3. The van der Waals surface area contributed by atoms with Gasteiger partial charge < -0.3 is 4.98 Å². The Hall–Kier alpha value is -2.16. The van der Waals surface area contributed by atoms with Crippen molar-refractivity contribution >= 4 is 11.0 Å². The zero-order valence-corrected chi connectivity index (χ0v) is 10.6. The fourth-order valence-corrected chi connectivity index (χ4v) is 2.01. The zero-order valence-electron chi connectivity index (χ0n) is 10.6. The number of nitrogens with zero attached hydrogens (tertiary/aromatic N) is 2. The second-order valence-electron chi connectivity index (χ2n) is 4.51. The van der Waals surface area contributed by atoms with Gasteiger partial charge in [-0.1, -0.05) is 19.1 Å². The molecule has 3 rings (SSSR count). The minimum atomic E-state index is 0.832. The van der Waals surface area contributed by atoms with Crippen LogP contribution in [0.25, 0.3) is 22.6 Å². The lowest BCUT2D eigenvalue weighted by Crippen LogP contribution is -1.85. The van der Waals surface area contributed by atoms with E-state index in [-0.39, 0.29) is 0 Å². The van der Waals surface area contributed by atoms with Crippen LogP contribution in [-0.4, -0.2) is 15.0 Å². The molecule has 0 saturated heterocycles. The van der Waals surface area contributed by atoms with Gasteiger partial charge >= 0.3 is 0 Å². The van der Waals surface area contributed by atoms with Crippen LogP contribution in [0.5, 0.6) is 0 Å². The van der Waals surface area contributed by atoms with Crippen LogP contribution in [0.3, 0.4) is 0 Å². The Labute approximate surface area is 106 Å². The van der Waals surface area contributed by atoms with Gasteiger partial charge in [-0.3, -0.25) is 4.98 Å². The van der Waals surface area contributed by atoms with Crippen molar-refractivity contribution in [2.24, 2.45) is 0 Å². The first-order chi connectivity index (χ1) is 8.76. The van der Waals surface area contributed by atoms with Crippen LogP contribution in [0.1, 0.15) is 18.1 Å². The van der Waals surface area contributed by atoms with Crippen LogP contribution < -0.4 is 0 Å². The van der Waals surface area contributed by atoms with Crippen molar-refractivity contribution in [3.63, 3.8) is 0 Å². The second-order valence-corrected chi connectivity index (χ2v) is 4.51. The number of hydrogen-bond donors (Lipinski definition) is 1. The molecule has 0 bridgehead atoms. The van der Waals surface area contributed by atoms with Crippen molar-refractivity contribution in [1.82, 2.24) is 15.0 Å². The minimum Gasteiger partial charge on any atom is -0.337 e. The van der Waals surface area contributed by atoms with Crippen molar-refractivity contribution in [2.45, 2.75) is 20.3 Å². The summed E-state index contributed by atoms with van der Waals surface area (Å²) < 4.78 is 0. The largest absolute Gasteiger partial charge is 0.337 e. The predicted molar refractivity (Wildman–Crippen MR) is 73.4 cm³/mol. The van der Waals surface area contributed by atoms with Crippen LogP contribution >= 0.6 is 0 Å². The fourth-order valence-electron chi connectivity index (χ4n) is 2.01. The number of imidazole rings is 1. The van der Waals surface area contributed by atoms with Gasteiger partial charge in [0.1, 0.15) is 5.69 Å². The van der Waals surface area contributed by atoms with Gasteiger partial charge in [-0.15, -0.1) is 0 Å². The third-order valence-corrected chi connectivity index (χ3v) is 3.11. The first-order valence-electron chi connectivity index (χ1n) is 6.18. The van der Waals surface area contributed by atoms with E-state index in [4.69, 9.17) is 0 Å². The van der Waals surface area contributed by atoms with E-state index in [0.29, 0.717) is 0 Å². The number of fused-ring (bicyclic) bond motifs is 1. The predicted octanol–water partition coefficient (Wildman–Crippen LogP) is 3.50. The molecule has 2 aromatic heterocycles. The SMILES string of the molecule is CCc1ccc2nc(-c3ccc(C)cn3)[nH]c2c1. The molecule has 3 aromatic rings. The molecule has 0 unspecified atom stereocenters. The topological polar surface area (TPSA) is 41.6 Å². The molecule has 3 nitrogen and oxygen atoms in total. The van der Waals surface area contributed by atoms with Gasteiger partial charge in [-0.2, -0.15) is 0 Å². The summed E-state index contributed by atoms with van der Waals surface area (Å²) >= 11 is 0. The Kier molecular flexibility index (Phi) is 2.59. The van der Waals surface area contributed by atoms with E-state index < -0.39 is 0 Å². The molecule has 0 aliphatic heterocycles. The van der Waals surface area contributed by atoms with E-state index >= 15 is 0 Å². The van der Waals surface area contributed by atoms with E-state index in [2.05, 4.69) is 40.1 Å². The van der Waals surface area contributed by atoms with Crippen LogP contribution in [0.15, 0.2) is 36.5 Å². The number of pyridine rings is 1. The number of benzene rings is 1. The molecule has 0 aliphatic carbocycles. The number of rotatable bonds is 2. The molecule has 0 atom stereocenters. The number of hydrogen-bond acceptors (Lipinski definition) is 2. The van der Waals surface area contributed by atoms with Gasteiger partial charge in [0.25, 0.3) is 0 Å². The van der Waals surface area contributed by atoms with Gasteiger partial charge in [0, 0.05) is 6.20 Å². The monoisotopic (exact) mass is 237 g/mol. The highest BCUT2D eigenvalue weighted by Gasteiger charge is 2.06. The lowest BCUT2D eigenvalue weighted by Gasteiger charge is -1.95. The number of nitrogens with one attached hydrogen (secondary N) is 1. The average Bonchev–Trinajstić information content (AvgIpc) is 2.82. The zero-order chi connectivity index (χ0) is 12.5. The summed E-state index contributed by atoms with van der Waals surface area (Å²) in [6.45, 7) is 4.18. The number of aryl methyl sites for hydroxylation is 2. The molecule has 18 heavy (non-hydrogen) atoms. The average molecular weight is 237 g/mol. The van der Waals surface area contributed by atoms with E-state index in [1.54, 1.807) is 0 Å². The Bertz CT molecular complexity index is 681. The Morgan fingerprint density at radius 3 is 2.78 bits per heavy atom. The quantitative estimate of drug-likeness (QED) is 0.741. The molecule has 0 aliphatic rings. The molecule has 90 valence electrons. The van der Waals surface area contributed by atoms with Crippen molar-refractivity contribution < 1.29 is 0 Å². The second kappa shape index (κ2) is 4.26. The summed E-state index contributed by atoms with van der Waals surface area (Å²) in [5.74, 6) is 0.832. The van der Waals surface area contributed by atoms with Crippen LogP contribution in [0.4, 0.5) is 0 Å². The maximum atomic E-state index is 4.57. The van der Waals surface area contributed by atoms with Gasteiger partial charge in [0.2, 0.25) is 0 Å². The maximum Gasteiger partial charge on any atom is 0.157 e. The molecule has 0 saturated carbocycles. The molecule has 2 heterocycles. The summed E-state index contributed by atoms with van der Waals surface area (Å²) in [5.41, 5.74) is 5.42. The van der Waals surface area contributed by atoms with Crippen LogP contribution in [-0.2, 0) is 6.42 Å².